The monoisotopic (exact) mass is 295 g/mol. The summed E-state index contributed by atoms with van der Waals surface area (Å²) in [4.78, 5) is 13.7. The summed E-state index contributed by atoms with van der Waals surface area (Å²) in [5.41, 5.74) is 1.17. The number of aryl methyl sites for hydroxylation is 1. The minimum absolute atomic E-state index is 0.0222. The molecule has 1 heterocycles. The summed E-state index contributed by atoms with van der Waals surface area (Å²) in [7, 11) is 3.45. The van der Waals surface area contributed by atoms with E-state index in [0.717, 1.165) is 5.69 Å². The molecule has 0 saturated heterocycles. The second-order valence-corrected chi connectivity index (χ2v) is 4.54. The summed E-state index contributed by atoms with van der Waals surface area (Å²) in [5.74, 6) is -0.196. The van der Waals surface area contributed by atoms with Crippen LogP contribution in [-0.2, 0) is 13.6 Å². The van der Waals surface area contributed by atoms with Crippen molar-refractivity contribution >= 4 is 5.91 Å². The Labute approximate surface area is 120 Å². The molecule has 0 unspecified atom stereocenters. The summed E-state index contributed by atoms with van der Waals surface area (Å²) >= 11 is 0. The molecule has 0 aliphatic rings. The van der Waals surface area contributed by atoms with E-state index in [1.807, 2.05) is 6.07 Å². The van der Waals surface area contributed by atoms with Gasteiger partial charge >= 0.3 is 6.61 Å². The largest absolute Gasteiger partial charge is 0.435 e. The predicted molar refractivity (Wildman–Crippen MR) is 72.1 cm³/mol. The van der Waals surface area contributed by atoms with Crippen molar-refractivity contribution in [3.05, 3.63) is 47.8 Å². The number of benzene rings is 1. The van der Waals surface area contributed by atoms with Crippen LogP contribution in [0.5, 0.6) is 5.75 Å². The van der Waals surface area contributed by atoms with Crippen molar-refractivity contribution in [1.82, 2.24) is 14.7 Å². The zero-order valence-corrected chi connectivity index (χ0v) is 11.7. The van der Waals surface area contributed by atoms with E-state index in [4.69, 9.17) is 0 Å². The number of carbonyl (C=O) groups excluding carboxylic acids is 1. The van der Waals surface area contributed by atoms with Crippen molar-refractivity contribution < 1.29 is 18.3 Å². The molecule has 0 aliphatic heterocycles. The van der Waals surface area contributed by atoms with Gasteiger partial charge in [0.05, 0.1) is 12.2 Å². The Morgan fingerprint density at radius 2 is 2.00 bits per heavy atom. The van der Waals surface area contributed by atoms with Crippen molar-refractivity contribution in [3.8, 4) is 5.75 Å². The Morgan fingerprint density at radius 3 is 2.52 bits per heavy atom. The molecule has 2 rings (SSSR count). The third kappa shape index (κ3) is 4.01. The van der Waals surface area contributed by atoms with Gasteiger partial charge in [-0.3, -0.25) is 9.48 Å². The molecule has 21 heavy (non-hydrogen) atoms. The molecular formula is C14H15F2N3O2. The summed E-state index contributed by atoms with van der Waals surface area (Å²) in [6.07, 6.45) is 1.80. The first-order valence-corrected chi connectivity index (χ1v) is 6.24. The Bertz CT molecular complexity index is 611. The van der Waals surface area contributed by atoms with E-state index in [0.29, 0.717) is 12.1 Å². The summed E-state index contributed by atoms with van der Waals surface area (Å²) in [5, 5.41) is 4.19. The van der Waals surface area contributed by atoms with Crippen LogP contribution in [-0.4, -0.2) is 34.2 Å². The van der Waals surface area contributed by atoms with E-state index in [9.17, 15) is 13.6 Å². The SMILES string of the molecule is CN(Cc1ccn(C)n1)C(=O)c1ccc(OC(F)F)cc1. The molecule has 0 fully saturated rings. The van der Waals surface area contributed by atoms with Crippen LogP contribution in [0.2, 0.25) is 0 Å². The third-order valence-electron chi connectivity index (χ3n) is 2.84. The number of halogens is 2. The number of ether oxygens (including phenoxy) is 1. The van der Waals surface area contributed by atoms with Crippen LogP contribution in [0, 0.1) is 0 Å². The van der Waals surface area contributed by atoms with Crippen molar-refractivity contribution in [3.63, 3.8) is 0 Å². The summed E-state index contributed by atoms with van der Waals surface area (Å²) in [6.45, 7) is -2.51. The highest BCUT2D eigenvalue weighted by molar-refractivity contribution is 5.94. The van der Waals surface area contributed by atoms with Crippen molar-refractivity contribution in [2.45, 2.75) is 13.2 Å². The number of nitrogens with zero attached hydrogens (tertiary/aromatic N) is 3. The van der Waals surface area contributed by atoms with E-state index >= 15 is 0 Å². The molecule has 112 valence electrons. The van der Waals surface area contributed by atoms with E-state index in [1.54, 1.807) is 25.0 Å². The number of amides is 1. The van der Waals surface area contributed by atoms with E-state index < -0.39 is 6.61 Å². The van der Waals surface area contributed by atoms with Gasteiger partial charge in [0, 0.05) is 25.9 Å². The normalized spacial score (nSPS) is 10.7. The molecule has 0 bridgehead atoms. The third-order valence-corrected chi connectivity index (χ3v) is 2.84. The number of aromatic nitrogens is 2. The molecule has 0 saturated carbocycles. The van der Waals surface area contributed by atoms with Crippen LogP contribution in [0.4, 0.5) is 8.78 Å². The average molecular weight is 295 g/mol. The van der Waals surface area contributed by atoms with Gasteiger partial charge in [0.15, 0.2) is 0 Å². The highest BCUT2D eigenvalue weighted by Crippen LogP contribution is 2.16. The second-order valence-electron chi connectivity index (χ2n) is 4.54. The first-order valence-electron chi connectivity index (χ1n) is 6.24. The van der Waals surface area contributed by atoms with Crippen LogP contribution in [0.3, 0.4) is 0 Å². The lowest BCUT2D eigenvalue weighted by molar-refractivity contribution is -0.0498. The first-order chi connectivity index (χ1) is 9.95. The van der Waals surface area contributed by atoms with Gasteiger partial charge in [-0.2, -0.15) is 13.9 Å². The zero-order valence-electron chi connectivity index (χ0n) is 11.7. The van der Waals surface area contributed by atoms with Crippen molar-refractivity contribution in [2.75, 3.05) is 7.05 Å². The quantitative estimate of drug-likeness (QED) is 0.850. The standard InChI is InChI=1S/C14H15F2N3O2/c1-18(9-11-7-8-19(2)17-11)13(20)10-3-5-12(6-4-10)21-14(15)16/h3-8,14H,9H2,1-2H3. The number of hydrogen-bond acceptors (Lipinski definition) is 3. The number of carbonyl (C=O) groups is 1. The van der Waals surface area contributed by atoms with Gasteiger partial charge in [0.2, 0.25) is 0 Å². The molecule has 0 spiro atoms. The molecule has 1 amide bonds. The Morgan fingerprint density at radius 1 is 1.33 bits per heavy atom. The lowest BCUT2D eigenvalue weighted by Gasteiger charge is -2.16. The van der Waals surface area contributed by atoms with Crippen molar-refractivity contribution in [2.24, 2.45) is 7.05 Å². The van der Waals surface area contributed by atoms with E-state index in [2.05, 4.69) is 9.84 Å². The van der Waals surface area contributed by atoms with Crippen LogP contribution in [0.15, 0.2) is 36.5 Å². The molecular weight excluding hydrogens is 280 g/mol. The molecule has 5 nitrogen and oxygen atoms in total. The fourth-order valence-electron chi connectivity index (χ4n) is 1.86. The molecule has 0 atom stereocenters. The number of hydrogen-bond donors (Lipinski definition) is 0. The minimum atomic E-state index is -2.88. The Balaban J connectivity index is 2.01. The highest BCUT2D eigenvalue weighted by atomic mass is 19.3. The maximum atomic E-state index is 12.2. The fourth-order valence-corrected chi connectivity index (χ4v) is 1.86. The van der Waals surface area contributed by atoms with Gasteiger partial charge < -0.3 is 9.64 Å². The minimum Gasteiger partial charge on any atom is -0.435 e. The Kier molecular flexibility index (Phi) is 4.52. The lowest BCUT2D eigenvalue weighted by Crippen LogP contribution is -2.26. The predicted octanol–water partition coefficient (Wildman–Crippen LogP) is 2.29. The Hall–Kier alpha value is -2.44. The molecule has 0 N–H and O–H groups in total. The summed E-state index contributed by atoms with van der Waals surface area (Å²) in [6, 6.07) is 7.41. The van der Waals surface area contributed by atoms with Crippen LogP contribution >= 0.6 is 0 Å². The second kappa shape index (κ2) is 6.34. The molecule has 7 heteroatoms. The lowest BCUT2D eigenvalue weighted by atomic mass is 10.2. The molecule has 0 aliphatic carbocycles. The number of alkyl halides is 2. The van der Waals surface area contributed by atoms with E-state index in [-0.39, 0.29) is 11.7 Å². The van der Waals surface area contributed by atoms with Gasteiger partial charge in [-0.1, -0.05) is 0 Å². The maximum Gasteiger partial charge on any atom is 0.387 e. The smallest absolute Gasteiger partial charge is 0.387 e. The zero-order chi connectivity index (χ0) is 15.4. The van der Waals surface area contributed by atoms with Crippen molar-refractivity contribution in [1.29, 1.82) is 0 Å². The number of rotatable bonds is 5. The van der Waals surface area contributed by atoms with Crippen LogP contribution in [0.1, 0.15) is 16.1 Å². The molecule has 2 aromatic rings. The van der Waals surface area contributed by atoms with Crippen LogP contribution in [0.25, 0.3) is 0 Å². The van der Waals surface area contributed by atoms with Gasteiger partial charge in [-0.15, -0.1) is 0 Å². The molecule has 1 aromatic heterocycles. The van der Waals surface area contributed by atoms with Gasteiger partial charge in [0.25, 0.3) is 5.91 Å². The van der Waals surface area contributed by atoms with Gasteiger partial charge in [0.1, 0.15) is 5.75 Å². The summed E-state index contributed by atoms with van der Waals surface area (Å²) < 4.78 is 30.0. The molecule has 1 aromatic carbocycles. The van der Waals surface area contributed by atoms with Gasteiger partial charge in [-0.25, -0.2) is 0 Å². The van der Waals surface area contributed by atoms with Gasteiger partial charge in [-0.05, 0) is 30.3 Å². The van der Waals surface area contributed by atoms with E-state index in [1.165, 1.54) is 29.2 Å². The maximum absolute atomic E-state index is 12.2. The highest BCUT2D eigenvalue weighted by Gasteiger charge is 2.13. The fraction of sp³-hybridized carbons (Fsp3) is 0.286. The topological polar surface area (TPSA) is 47.4 Å². The molecule has 0 radical (unpaired) electrons. The first kappa shape index (κ1) is 15.0. The van der Waals surface area contributed by atoms with Crippen LogP contribution < -0.4 is 4.74 Å². The average Bonchev–Trinajstić information content (AvgIpc) is 2.83.